The lowest BCUT2D eigenvalue weighted by Crippen LogP contribution is -2.36. The highest BCUT2D eigenvalue weighted by molar-refractivity contribution is 7.21. The van der Waals surface area contributed by atoms with Crippen LogP contribution in [0.25, 0.3) is 20.8 Å². The zero-order valence-electron chi connectivity index (χ0n) is 22.5. The van der Waals surface area contributed by atoms with Gasteiger partial charge in [0, 0.05) is 24.8 Å². The smallest absolute Gasteiger partial charge is 0.308 e. The number of rotatable bonds is 8. The summed E-state index contributed by atoms with van der Waals surface area (Å²) in [7, 11) is 0. The van der Waals surface area contributed by atoms with Gasteiger partial charge < -0.3 is 30.7 Å². The number of pyridine rings is 1. The molecule has 12 heteroatoms. The van der Waals surface area contributed by atoms with E-state index in [4.69, 9.17) is 14.7 Å². The maximum Gasteiger partial charge on any atom is 0.308 e. The highest BCUT2D eigenvalue weighted by atomic mass is 32.1. The number of aliphatic hydroxyl groups excluding tert-OH is 3. The van der Waals surface area contributed by atoms with Crippen LogP contribution in [-0.4, -0.2) is 77.7 Å². The van der Waals surface area contributed by atoms with Crippen LogP contribution in [0, 0.1) is 19.8 Å². The first-order valence-electron chi connectivity index (χ1n) is 12.7. The molecule has 0 saturated heterocycles. The van der Waals surface area contributed by atoms with Crippen LogP contribution in [0.5, 0.6) is 0 Å². The molecule has 5 N–H and O–H groups in total. The van der Waals surface area contributed by atoms with Gasteiger partial charge in [0.2, 0.25) is 5.95 Å². The van der Waals surface area contributed by atoms with Crippen molar-refractivity contribution in [3.05, 3.63) is 23.7 Å². The van der Waals surface area contributed by atoms with Gasteiger partial charge in [-0.1, -0.05) is 0 Å². The first-order chi connectivity index (χ1) is 17.9. The van der Waals surface area contributed by atoms with Crippen LogP contribution in [0.1, 0.15) is 51.9 Å². The van der Waals surface area contributed by atoms with Gasteiger partial charge >= 0.3 is 5.97 Å². The molecule has 0 spiro atoms. The monoisotopic (exact) mass is 544 g/mol. The van der Waals surface area contributed by atoms with E-state index in [2.05, 4.69) is 20.6 Å². The topological polar surface area (TPSA) is 163 Å². The predicted molar refractivity (Wildman–Crippen MR) is 146 cm³/mol. The van der Waals surface area contributed by atoms with E-state index < -0.39 is 29.8 Å². The second-order valence-electron chi connectivity index (χ2n) is 10.9. The molecule has 1 saturated carbocycles. The Hall–Kier alpha value is -2.93. The fraction of sp³-hybridized carbons (Fsp3) is 0.577. The number of carbonyl (C=O) groups excluding carboxylic acids is 1. The molecule has 3 aromatic heterocycles. The van der Waals surface area contributed by atoms with Crippen molar-refractivity contribution >= 4 is 39.3 Å². The van der Waals surface area contributed by atoms with Crippen LogP contribution in [-0.2, 0) is 9.53 Å². The van der Waals surface area contributed by atoms with E-state index in [-0.39, 0.29) is 25.0 Å². The standard InChI is InChI=1S/C26H36N6O5S/c1-12(9-18(34)37-26(4,5)6)28-25-29-13(2)19(24-31-20-14(3)27-8-7-17(20)38-24)23(32-25)30-16-10-15(11-33)21(35)22(16)36/h7-8,12,15-16,21-22,33,35-36H,9-11H2,1-6H3,(H2,28,29,30,32)/t12-,15-,16-,21-,22+/m1/s1. The molecule has 1 aliphatic carbocycles. The summed E-state index contributed by atoms with van der Waals surface area (Å²) < 4.78 is 6.40. The summed E-state index contributed by atoms with van der Waals surface area (Å²) >= 11 is 1.49. The zero-order chi connectivity index (χ0) is 27.8. The van der Waals surface area contributed by atoms with Crippen LogP contribution in [0.2, 0.25) is 0 Å². The van der Waals surface area contributed by atoms with E-state index in [1.165, 1.54) is 11.3 Å². The first kappa shape index (κ1) is 28.1. The number of fused-ring (bicyclic) bond motifs is 1. The normalized spacial score (nSPS) is 22.4. The third-order valence-corrected chi connectivity index (χ3v) is 7.46. The summed E-state index contributed by atoms with van der Waals surface area (Å²) in [6.07, 6.45) is 0.0975. The lowest BCUT2D eigenvalue weighted by Gasteiger charge is -2.23. The Morgan fingerprint density at radius 2 is 1.92 bits per heavy atom. The summed E-state index contributed by atoms with van der Waals surface area (Å²) in [5.41, 5.74) is 2.35. The first-order valence-corrected chi connectivity index (χ1v) is 13.5. The van der Waals surface area contributed by atoms with E-state index in [1.807, 2.05) is 47.6 Å². The highest BCUT2D eigenvalue weighted by Crippen LogP contribution is 2.38. The maximum atomic E-state index is 12.3. The van der Waals surface area contributed by atoms with Crippen LogP contribution >= 0.6 is 11.3 Å². The Labute approximate surface area is 225 Å². The number of aromatic nitrogens is 4. The van der Waals surface area contributed by atoms with E-state index in [1.54, 1.807) is 6.20 Å². The number of hydrogen-bond donors (Lipinski definition) is 5. The van der Waals surface area contributed by atoms with Crippen LogP contribution < -0.4 is 10.6 Å². The Bertz CT molecular complexity index is 1310. The van der Waals surface area contributed by atoms with Crippen LogP contribution in [0.3, 0.4) is 0 Å². The number of nitrogens with one attached hydrogen (secondary N) is 2. The van der Waals surface area contributed by atoms with E-state index in [0.717, 1.165) is 15.9 Å². The van der Waals surface area contributed by atoms with Gasteiger partial charge in [-0.3, -0.25) is 9.78 Å². The fourth-order valence-corrected chi connectivity index (χ4v) is 5.73. The van der Waals surface area contributed by atoms with Gasteiger partial charge in [-0.2, -0.15) is 4.98 Å². The Balaban J connectivity index is 1.68. The fourth-order valence-electron chi connectivity index (χ4n) is 4.62. The number of anilines is 2. The number of carbonyl (C=O) groups is 1. The number of nitrogens with zero attached hydrogens (tertiary/aromatic N) is 4. The van der Waals surface area contributed by atoms with Crippen molar-refractivity contribution in [3.63, 3.8) is 0 Å². The molecule has 4 rings (SSSR count). The lowest BCUT2D eigenvalue weighted by atomic mass is 10.1. The third kappa shape index (κ3) is 6.20. The molecule has 1 aliphatic rings. The van der Waals surface area contributed by atoms with Crippen molar-refractivity contribution < 1.29 is 24.9 Å². The zero-order valence-corrected chi connectivity index (χ0v) is 23.3. The quantitative estimate of drug-likeness (QED) is 0.265. The second kappa shape index (κ2) is 11.0. The summed E-state index contributed by atoms with van der Waals surface area (Å²) in [6, 6.07) is 1.06. The summed E-state index contributed by atoms with van der Waals surface area (Å²) in [5, 5.41) is 37.8. The number of thiazole rings is 1. The Morgan fingerprint density at radius 3 is 2.55 bits per heavy atom. The number of esters is 1. The van der Waals surface area contributed by atoms with E-state index >= 15 is 0 Å². The van der Waals surface area contributed by atoms with E-state index in [9.17, 15) is 20.1 Å². The highest BCUT2D eigenvalue weighted by Gasteiger charge is 2.41. The SMILES string of the molecule is Cc1nc(N[C@H](C)CC(=O)OC(C)(C)C)nc(N[C@@H]2C[C@H](CO)[C@@H](O)[C@H]2O)c1-c1nc2c(C)nccc2s1. The summed E-state index contributed by atoms with van der Waals surface area (Å²) in [5.74, 6) is -0.0447. The average Bonchev–Trinajstić information content (AvgIpc) is 3.34. The maximum absolute atomic E-state index is 12.3. The molecular weight excluding hydrogens is 508 g/mol. The van der Waals surface area contributed by atoms with Crippen molar-refractivity contribution in [1.82, 2.24) is 19.9 Å². The summed E-state index contributed by atoms with van der Waals surface area (Å²) in [6.45, 7) is 10.8. The molecule has 0 radical (unpaired) electrons. The van der Waals surface area contributed by atoms with Crippen molar-refractivity contribution in [2.45, 2.75) is 84.3 Å². The van der Waals surface area contributed by atoms with Gasteiger partial charge in [-0.05, 0) is 54.0 Å². The van der Waals surface area contributed by atoms with Gasteiger partial charge in [0.15, 0.2) is 0 Å². The lowest BCUT2D eigenvalue weighted by molar-refractivity contribution is -0.154. The Kier molecular flexibility index (Phi) is 8.17. The number of aliphatic hydroxyl groups is 3. The molecule has 0 aromatic carbocycles. The molecule has 0 bridgehead atoms. The molecule has 11 nitrogen and oxygen atoms in total. The Morgan fingerprint density at radius 1 is 1.18 bits per heavy atom. The minimum atomic E-state index is -1.08. The van der Waals surface area contributed by atoms with Crippen molar-refractivity contribution in [3.8, 4) is 10.6 Å². The van der Waals surface area contributed by atoms with Crippen molar-refractivity contribution in [2.75, 3.05) is 17.2 Å². The minimum Gasteiger partial charge on any atom is -0.460 e. The van der Waals surface area contributed by atoms with Crippen LogP contribution in [0.15, 0.2) is 12.3 Å². The molecular formula is C26H36N6O5S. The van der Waals surface area contributed by atoms with E-state index in [0.29, 0.717) is 34.5 Å². The number of hydrogen-bond acceptors (Lipinski definition) is 12. The molecule has 0 unspecified atom stereocenters. The predicted octanol–water partition coefficient (Wildman–Crippen LogP) is 2.81. The van der Waals surface area contributed by atoms with Crippen molar-refractivity contribution in [2.24, 2.45) is 5.92 Å². The molecule has 206 valence electrons. The molecule has 5 atom stereocenters. The van der Waals surface area contributed by atoms with Gasteiger partial charge in [0.1, 0.15) is 28.0 Å². The van der Waals surface area contributed by atoms with Gasteiger partial charge in [0.05, 0.1) is 40.2 Å². The average molecular weight is 545 g/mol. The van der Waals surface area contributed by atoms with Gasteiger partial charge in [-0.15, -0.1) is 11.3 Å². The second-order valence-corrected chi connectivity index (χ2v) is 11.9. The number of ether oxygens (including phenoxy) is 1. The molecule has 3 aromatic rings. The summed E-state index contributed by atoms with van der Waals surface area (Å²) in [4.78, 5) is 30.8. The van der Waals surface area contributed by atoms with Gasteiger partial charge in [0.25, 0.3) is 0 Å². The molecule has 38 heavy (non-hydrogen) atoms. The molecule has 0 aliphatic heterocycles. The van der Waals surface area contributed by atoms with Crippen molar-refractivity contribution in [1.29, 1.82) is 0 Å². The number of aryl methyl sites for hydroxylation is 2. The van der Waals surface area contributed by atoms with Crippen LogP contribution in [0.4, 0.5) is 11.8 Å². The molecule has 3 heterocycles. The third-order valence-electron chi connectivity index (χ3n) is 6.42. The molecule has 0 amide bonds. The molecule has 1 fully saturated rings. The van der Waals surface area contributed by atoms with Gasteiger partial charge in [-0.25, -0.2) is 9.97 Å². The largest absolute Gasteiger partial charge is 0.460 e. The minimum absolute atomic E-state index is 0.125.